The highest BCUT2D eigenvalue weighted by molar-refractivity contribution is 5.92. The van der Waals surface area contributed by atoms with Crippen LogP contribution in [0.1, 0.15) is 24.4 Å². The summed E-state index contributed by atoms with van der Waals surface area (Å²) in [5, 5.41) is 3.88. The molecule has 1 atom stereocenters. The first-order chi connectivity index (χ1) is 13.0. The average molecular weight is 365 g/mol. The van der Waals surface area contributed by atoms with Crippen LogP contribution < -0.4 is 11.1 Å². The Morgan fingerprint density at radius 1 is 1.15 bits per heavy atom. The summed E-state index contributed by atoms with van der Waals surface area (Å²) in [7, 11) is 1.87. The second-order valence-corrected chi connectivity index (χ2v) is 6.05. The van der Waals surface area contributed by atoms with Crippen molar-refractivity contribution in [3.05, 3.63) is 54.5 Å². The number of rotatable bonds is 4. The monoisotopic (exact) mass is 365 g/mol. The zero-order valence-corrected chi connectivity index (χ0v) is 14.6. The van der Waals surface area contributed by atoms with E-state index in [2.05, 4.69) is 35.2 Å². The fourth-order valence-corrected chi connectivity index (χ4v) is 2.77. The lowest BCUT2D eigenvalue weighted by atomic mass is 10.0. The van der Waals surface area contributed by atoms with Gasteiger partial charge in [-0.05, 0) is 13.0 Å². The number of nitrogen functional groups attached to an aromatic ring is 1. The van der Waals surface area contributed by atoms with Gasteiger partial charge < -0.3 is 15.6 Å². The van der Waals surface area contributed by atoms with Gasteiger partial charge in [-0.25, -0.2) is 24.3 Å². The van der Waals surface area contributed by atoms with E-state index in [9.17, 15) is 4.39 Å². The highest BCUT2D eigenvalue weighted by Gasteiger charge is 2.19. The van der Waals surface area contributed by atoms with E-state index < -0.39 is 5.82 Å². The minimum absolute atomic E-state index is 0.0994. The number of nitrogens with zero attached hydrogens (tertiary/aromatic N) is 7. The quantitative estimate of drug-likeness (QED) is 0.564. The Bertz CT molecular complexity index is 1110. The topological polar surface area (TPSA) is 120 Å². The molecule has 4 aromatic rings. The minimum atomic E-state index is -0.495. The van der Waals surface area contributed by atoms with Crippen molar-refractivity contribution in [3.8, 4) is 0 Å². The summed E-state index contributed by atoms with van der Waals surface area (Å²) in [6.45, 7) is 1.87. The Labute approximate surface area is 153 Å². The third-order valence-corrected chi connectivity index (χ3v) is 4.05. The first-order valence-electron chi connectivity index (χ1n) is 8.16. The van der Waals surface area contributed by atoms with Gasteiger partial charge in [0.15, 0.2) is 5.82 Å². The second-order valence-electron chi connectivity index (χ2n) is 6.05. The first-order valence-corrected chi connectivity index (χ1v) is 8.16. The van der Waals surface area contributed by atoms with E-state index in [1.807, 2.05) is 24.7 Å². The number of anilines is 3. The number of nitrogens with one attached hydrogen (secondary N) is 1. The Morgan fingerprint density at radius 3 is 2.63 bits per heavy atom. The summed E-state index contributed by atoms with van der Waals surface area (Å²) in [6, 6.07) is 1.79. The van der Waals surface area contributed by atoms with Gasteiger partial charge in [0.25, 0.3) is 0 Å². The molecule has 10 heteroatoms. The smallest absolute Gasteiger partial charge is 0.222 e. The van der Waals surface area contributed by atoms with Gasteiger partial charge in [-0.1, -0.05) is 0 Å². The zero-order valence-electron chi connectivity index (χ0n) is 14.6. The molecule has 0 saturated heterocycles. The van der Waals surface area contributed by atoms with Crippen molar-refractivity contribution >= 4 is 28.5 Å². The molecule has 0 radical (unpaired) electrons. The number of nitrogens with two attached hydrogens (primary N) is 1. The molecule has 4 aromatic heterocycles. The molecule has 136 valence electrons. The van der Waals surface area contributed by atoms with E-state index in [0.717, 1.165) is 17.8 Å². The van der Waals surface area contributed by atoms with Crippen LogP contribution in [-0.4, -0.2) is 34.5 Å². The van der Waals surface area contributed by atoms with Crippen molar-refractivity contribution in [2.45, 2.75) is 12.8 Å². The molecule has 0 aliphatic rings. The van der Waals surface area contributed by atoms with Crippen molar-refractivity contribution in [3.63, 3.8) is 0 Å². The van der Waals surface area contributed by atoms with Crippen LogP contribution in [0.2, 0.25) is 0 Å². The van der Waals surface area contributed by atoms with Gasteiger partial charge >= 0.3 is 0 Å². The minimum Gasteiger partial charge on any atom is -0.368 e. The molecule has 0 fully saturated rings. The van der Waals surface area contributed by atoms with E-state index in [1.165, 1.54) is 0 Å². The molecule has 0 spiro atoms. The normalized spacial score (nSPS) is 12.3. The fraction of sp³-hybridized carbons (Fsp3) is 0.176. The van der Waals surface area contributed by atoms with Gasteiger partial charge in [-0.2, -0.15) is 4.98 Å². The maximum absolute atomic E-state index is 13.1. The Morgan fingerprint density at radius 2 is 1.93 bits per heavy atom. The van der Waals surface area contributed by atoms with Crippen molar-refractivity contribution in [1.29, 1.82) is 0 Å². The maximum Gasteiger partial charge on any atom is 0.222 e. The standard InChI is InChI=1S/C17H16FN9/c1-9(15-21-5-10(18)6-22-15)13-14-11(3-4-20-13)16(26-17(19)25-14)24-12-7-27(2)8-23-12/h3-9H,1-2H3,(H3,19,24,25,26)/t9-/m1/s1. The average Bonchev–Trinajstić information content (AvgIpc) is 3.06. The lowest BCUT2D eigenvalue weighted by Gasteiger charge is -2.14. The zero-order chi connectivity index (χ0) is 19.0. The molecule has 0 bridgehead atoms. The van der Waals surface area contributed by atoms with Crippen LogP contribution in [0, 0.1) is 5.82 Å². The summed E-state index contributed by atoms with van der Waals surface area (Å²) in [5.74, 6) is 0.879. The van der Waals surface area contributed by atoms with E-state index in [-0.39, 0.29) is 11.9 Å². The molecule has 0 aliphatic carbocycles. The van der Waals surface area contributed by atoms with Crippen molar-refractivity contribution < 1.29 is 4.39 Å². The molecule has 0 aromatic carbocycles. The summed E-state index contributed by atoms with van der Waals surface area (Å²) in [5.41, 5.74) is 7.11. The number of hydrogen-bond acceptors (Lipinski definition) is 8. The molecule has 0 aliphatic heterocycles. The van der Waals surface area contributed by atoms with Crippen molar-refractivity contribution in [1.82, 2.24) is 34.5 Å². The van der Waals surface area contributed by atoms with Gasteiger partial charge in [0.05, 0.1) is 30.3 Å². The summed E-state index contributed by atoms with van der Waals surface area (Å²) < 4.78 is 14.9. The number of halogens is 1. The van der Waals surface area contributed by atoms with E-state index in [0.29, 0.717) is 28.7 Å². The predicted octanol–water partition coefficient (Wildman–Crippen LogP) is 2.16. The third kappa shape index (κ3) is 3.24. The fourth-order valence-electron chi connectivity index (χ4n) is 2.77. The first kappa shape index (κ1) is 16.8. The van der Waals surface area contributed by atoms with Crippen LogP contribution in [0.4, 0.5) is 22.0 Å². The molecule has 4 heterocycles. The van der Waals surface area contributed by atoms with E-state index in [1.54, 1.807) is 18.6 Å². The highest BCUT2D eigenvalue weighted by atomic mass is 19.1. The van der Waals surface area contributed by atoms with Crippen LogP contribution in [0.25, 0.3) is 10.9 Å². The Balaban J connectivity index is 1.82. The predicted molar refractivity (Wildman–Crippen MR) is 97.7 cm³/mol. The molecule has 4 rings (SSSR count). The maximum atomic E-state index is 13.1. The molecule has 3 N–H and O–H groups in total. The van der Waals surface area contributed by atoms with Crippen LogP contribution >= 0.6 is 0 Å². The van der Waals surface area contributed by atoms with Gasteiger partial charge in [-0.3, -0.25) is 4.98 Å². The van der Waals surface area contributed by atoms with Gasteiger partial charge in [0.2, 0.25) is 5.95 Å². The number of aromatic nitrogens is 7. The van der Waals surface area contributed by atoms with Gasteiger partial charge in [-0.15, -0.1) is 0 Å². The number of hydrogen-bond donors (Lipinski definition) is 2. The molecular weight excluding hydrogens is 349 g/mol. The number of aryl methyl sites for hydroxylation is 1. The van der Waals surface area contributed by atoms with Crippen LogP contribution in [0.5, 0.6) is 0 Å². The van der Waals surface area contributed by atoms with Crippen molar-refractivity contribution in [2.24, 2.45) is 7.05 Å². The Kier molecular flexibility index (Phi) is 4.07. The van der Waals surface area contributed by atoms with Crippen LogP contribution in [0.15, 0.2) is 37.2 Å². The molecule has 0 amide bonds. The van der Waals surface area contributed by atoms with E-state index in [4.69, 9.17) is 5.73 Å². The molecule has 27 heavy (non-hydrogen) atoms. The lowest BCUT2D eigenvalue weighted by Crippen LogP contribution is -2.08. The third-order valence-electron chi connectivity index (χ3n) is 4.05. The number of pyridine rings is 1. The van der Waals surface area contributed by atoms with E-state index >= 15 is 0 Å². The summed E-state index contributed by atoms with van der Waals surface area (Å²) in [6.07, 6.45) is 7.40. The largest absolute Gasteiger partial charge is 0.368 e. The highest BCUT2D eigenvalue weighted by Crippen LogP contribution is 2.30. The molecule has 0 saturated carbocycles. The van der Waals surface area contributed by atoms with Gasteiger partial charge in [0, 0.05) is 24.8 Å². The number of imidazole rings is 1. The molecular formula is C17H16FN9. The Hall–Kier alpha value is -3.69. The van der Waals surface area contributed by atoms with Gasteiger partial charge in [0.1, 0.15) is 23.0 Å². The van der Waals surface area contributed by atoms with Crippen LogP contribution in [-0.2, 0) is 7.05 Å². The number of fused-ring (bicyclic) bond motifs is 1. The van der Waals surface area contributed by atoms with Crippen molar-refractivity contribution in [2.75, 3.05) is 11.1 Å². The SMILES string of the molecule is C[C@@H](c1ncc(F)cn1)c1nccc2c(Nc3cn(C)cn3)nc(N)nc12. The lowest BCUT2D eigenvalue weighted by molar-refractivity contribution is 0.605. The molecule has 9 nitrogen and oxygen atoms in total. The summed E-state index contributed by atoms with van der Waals surface area (Å²) in [4.78, 5) is 25.4. The van der Waals surface area contributed by atoms with Crippen LogP contribution in [0.3, 0.4) is 0 Å². The molecule has 0 unspecified atom stereocenters. The summed E-state index contributed by atoms with van der Waals surface area (Å²) >= 11 is 0. The second kappa shape index (κ2) is 6.56.